The summed E-state index contributed by atoms with van der Waals surface area (Å²) in [6.45, 7) is 1.92. The van der Waals surface area contributed by atoms with Gasteiger partial charge in [0.25, 0.3) is 0 Å². The van der Waals surface area contributed by atoms with Gasteiger partial charge >= 0.3 is 0 Å². The van der Waals surface area contributed by atoms with Gasteiger partial charge in [0, 0.05) is 12.0 Å². The van der Waals surface area contributed by atoms with Gasteiger partial charge in [-0.2, -0.15) is 0 Å². The average molecular weight is 218 g/mol. The summed E-state index contributed by atoms with van der Waals surface area (Å²) >= 11 is 0. The molecule has 82 valence electrons. The van der Waals surface area contributed by atoms with E-state index in [4.69, 9.17) is 4.42 Å². The van der Waals surface area contributed by atoms with E-state index >= 15 is 0 Å². The first-order valence-corrected chi connectivity index (χ1v) is 5.09. The predicted molar refractivity (Wildman–Crippen MR) is 57.9 cm³/mol. The van der Waals surface area contributed by atoms with Crippen LogP contribution in [0.15, 0.2) is 41.0 Å². The molecule has 0 spiro atoms. The molecule has 2 nitrogen and oxygen atoms in total. The lowest BCUT2D eigenvalue weighted by molar-refractivity contribution is 0.103. The van der Waals surface area contributed by atoms with Crippen LogP contribution in [0.4, 0.5) is 4.39 Å². The summed E-state index contributed by atoms with van der Waals surface area (Å²) in [5, 5.41) is 0. The van der Waals surface area contributed by atoms with Gasteiger partial charge in [0.1, 0.15) is 11.6 Å². The van der Waals surface area contributed by atoms with Crippen LogP contribution in [0.3, 0.4) is 0 Å². The average Bonchev–Trinajstić information content (AvgIpc) is 2.77. The van der Waals surface area contributed by atoms with Gasteiger partial charge in [-0.15, -0.1) is 0 Å². The largest absolute Gasteiger partial charge is 0.469 e. The van der Waals surface area contributed by atoms with Crippen LogP contribution in [0.5, 0.6) is 0 Å². The van der Waals surface area contributed by atoms with E-state index in [-0.39, 0.29) is 11.6 Å². The number of carbonyl (C=O) groups excluding carboxylic acids is 1. The van der Waals surface area contributed by atoms with E-state index in [0.717, 1.165) is 0 Å². The zero-order valence-corrected chi connectivity index (χ0v) is 8.87. The van der Waals surface area contributed by atoms with E-state index in [1.54, 1.807) is 6.07 Å². The van der Waals surface area contributed by atoms with Crippen molar-refractivity contribution in [2.75, 3.05) is 0 Å². The van der Waals surface area contributed by atoms with Crippen molar-refractivity contribution in [1.82, 2.24) is 0 Å². The van der Waals surface area contributed by atoms with Crippen LogP contribution in [0, 0.1) is 5.82 Å². The molecule has 0 fully saturated rings. The molecule has 0 atom stereocenters. The number of hydrogen-bond donors (Lipinski definition) is 0. The highest BCUT2D eigenvalue weighted by molar-refractivity contribution is 6.09. The maximum absolute atomic E-state index is 12.7. The van der Waals surface area contributed by atoms with E-state index in [1.165, 1.54) is 30.5 Å². The van der Waals surface area contributed by atoms with Crippen molar-refractivity contribution in [3.05, 3.63) is 59.3 Å². The summed E-state index contributed by atoms with van der Waals surface area (Å²) in [6, 6.07) is 7.15. The molecular formula is C13H11FO2. The summed E-state index contributed by atoms with van der Waals surface area (Å²) in [4.78, 5) is 12.0. The second kappa shape index (κ2) is 4.31. The summed E-state index contributed by atoms with van der Waals surface area (Å²) in [7, 11) is 0. The maximum atomic E-state index is 12.7. The molecule has 1 aromatic carbocycles. The topological polar surface area (TPSA) is 30.2 Å². The van der Waals surface area contributed by atoms with Crippen molar-refractivity contribution in [1.29, 1.82) is 0 Å². The van der Waals surface area contributed by atoms with Gasteiger partial charge in [0.15, 0.2) is 5.78 Å². The Balaban J connectivity index is 2.35. The number of aryl methyl sites for hydroxylation is 1. The number of benzene rings is 1. The highest BCUT2D eigenvalue weighted by atomic mass is 19.1. The van der Waals surface area contributed by atoms with E-state index in [0.29, 0.717) is 23.3 Å². The number of rotatable bonds is 3. The first-order valence-electron chi connectivity index (χ1n) is 5.09. The Hall–Kier alpha value is -1.90. The summed E-state index contributed by atoms with van der Waals surface area (Å²) in [6.07, 6.45) is 2.16. The normalized spacial score (nSPS) is 10.4. The molecule has 2 rings (SSSR count). The van der Waals surface area contributed by atoms with Crippen LogP contribution in [0.25, 0.3) is 0 Å². The smallest absolute Gasteiger partial charge is 0.196 e. The molecule has 3 heteroatoms. The Morgan fingerprint density at radius 2 is 1.94 bits per heavy atom. The monoisotopic (exact) mass is 218 g/mol. The minimum atomic E-state index is -0.348. The zero-order valence-electron chi connectivity index (χ0n) is 8.87. The molecule has 0 N–H and O–H groups in total. The summed E-state index contributed by atoms with van der Waals surface area (Å²) in [5.74, 6) is 0.180. The van der Waals surface area contributed by atoms with Crippen molar-refractivity contribution >= 4 is 5.78 Å². The number of hydrogen-bond acceptors (Lipinski definition) is 2. The van der Waals surface area contributed by atoms with Crippen LogP contribution < -0.4 is 0 Å². The molecule has 0 saturated heterocycles. The summed E-state index contributed by atoms with van der Waals surface area (Å²) < 4.78 is 17.9. The Morgan fingerprint density at radius 1 is 1.25 bits per heavy atom. The quantitative estimate of drug-likeness (QED) is 0.740. The molecule has 0 bridgehead atoms. The van der Waals surface area contributed by atoms with Gasteiger partial charge in [0.2, 0.25) is 0 Å². The fraction of sp³-hybridized carbons (Fsp3) is 0.154. The van der Waals surface area contributed by atoms with Crippen LogP contribution >= 0.6 is 0 Å². The van der Waals surface area contributed by atoms with E-state index in [2.05, 4.69) is 0 Å². The van der Waals surface area contributed by atoms with Gasteiger partial charge in [0.05, 0.1) is 11.8 Å². The van der Waals surface area contributed by atoms with Crippen LogP contribution in [0.1, 0.15) is 28.6 Å². The molecule has 2 aromatic rings. The van der Waals surface area contributed by atoms with Gasteiger partial charge in [-0.1, -0.05) is 6.92 Å². The lowest BCUT2D eigenvalue weighted by Crippen LogP contribution is -2.02. The Kier molecular flexibility index (Phi) is 2.86. The third-order valence-corrected chi connectivity index (χ3v) is 2.42. The highest BCUT2D eigenvalue weighted by Crippen LogP contribution is 2.16. The van der Waals surface area contributed by atoms with Crippen molar-refractivity contribution in [3.8, 4) is 0 Å². The van der Waals surface area contributed by atoms with Crippen LogP contribution in [0.2, 0.25) is 0 Å². The van der Waals surface area contributed by atoms with Crippen molar-refractivity contribution < 1.29 is 13.6 Å². The van der Waals surface area contributed by atoms with Crippen molar-refractivity contribution in [3.63, 3.8) is 0 Å². The molecule has 1 heterocycles. The lowest BCUT2D eigenvalue weighted by Gasteiger charge is -2.00. The molecule has 0 radical (unpaired) electrons. The molecule has 16 heavy (non-hydrogen) atoms. The number of carbonyl (C=O) groups is 1. The number of ketones is 1. The second-order valence-electron chi connectivity index (χ2n) is 3.45. The van der Waals surface area contributed by atoms with Gasteiger partial charge < -0.3 is 4.42 Å². The Bertz CT molecular complexity index is 497. The minimum Gasteiger partial charge on any atom is -0.469 e. The molecule has 0 unspecified atom stereocenters. The van der Waals surface area contributed by atoms with Gasteiger partial charge in [-0.3, -0.25) is 4.79 Å². The van der Waals surface area contributed by atoms with Crippen molar-refractivity contribution in [2.24, 2.45) is 0 Å². The maximum Gasteiger partial charge on any atom is 0.196 e. The van der Waals surface area contributed by atoms with Gasteiger partial charge in [-0.05, 0) is 30.3 Å². The number of halogens is 1. The standard InChI is InChI=1S/C13H11FO2/c1-2-12-11(7-8-16-12)13(15)9-3-5-10(14)6-4-9/h3-8H,2H2,1H3. The van der Waals surface area contributed by atoms with E-state index in [9.17, 15) is 9.18 Å². The molecular weight excluding hydrogens is 207 g/mol. The first-order chi connectivity index (χ1) is 7.72. The first kappa shape index (κ1) is 10.6. The van der Waals surface area contributed by atoms with E-state index < -0.39 is 0 Å². The lowest BCUT2D eigenvalue weighted by atomic mass is 10.0. The number of furan rings is 1. The van der Waals surface area contributed by atoms with Crippen molar-refractivity contribution in [2.45, 2.75) is 13.3 Å². The SMILES string of the molecule is CCc1occc1C(=O)c1ccc(F)cc1. The van der Waals surface area contributed by atoms with Crippen LogP contribution in [-0.4, -0.2) is 5.78 Å². The Morgan fingerprint density at radius 3 is 2.56 bits per heavy atom. The highest BCUT2D eigenvalue weighted by Gasteiger charge is 2.14. The molecule has 0 saturated carbocycles. The molecule has 0 aliphatic carbocycles. The minimum absolute atomic E-state index is 0.134. The third kappa shape index (κ3) is 1.89. The molecule has 1 aromatic heterocycles. The molecule has 0 aliphatic heterocycles. The molecule has 0 aliphatic rings. The zero-order chi connectivity index (χ0) is 11.5. The summed E-state index contributed by atoms with van der Waals surface area (Å²) in [5.41, 5.74) is 1.02. The fourth-order valence-corrected chi connectivity index (χ4v) is 1.57. The van der Waals surface area contributed by atoms with Crippen LogP contribution in [-0.2, 0) is 6.42 Å². The fourth-order valence-electron chi connectivity index (χ4n) is 1.57. The van der Waals surface area contributed by atoms with Gasteiger partial charge in [-0.25, -0.2) is 4.39 Å². The third-order valence-electron chi connectivity index (χ3n) is 2.42. The predicted octanol–water partition coefficient (Wildman–Crippen LogP) is 3.21. The second-order valence-corrected chi connectivity index (χ2v) is 3.45. The molecule has 0 amide bonds. The Labute approximate surface area is 92.7 Å². The van der Waals surface area contributed by atoms with E-state index in [1.807, 2.05) is 6.92 Å².